The van der Waals surface area contributed by atoms with Crippen molar-refractivity contribution in [1.29, 1.82) is 0 Å². The van der Waals surface area contributed by atoms with Crippen molar-refractivity contribution >= 4 is 27.5 Å². The van der Waals surface area contributed by atoms with Crippen LogP contribution in [0.15, 0.2) is 53.0 Å². The Balaban J connectivity index is 2.23. The molecule has 19 heavy (non-hydrogen) atoms. The Bertz CT molecular complexity index is 567. The summed E-state index contributed by atoms with van der Waals surface area (Å²) in [4.78, 5) is 11.5. The monoisotopic (exact) mass is 320 g/mol. The Morgan fingerprint density at radius 1 is 1.11 bits per heavy atom. The van der Waals surface area contributed by atoms with Gasteiger partial charge in [0.15, 0.2) is 0 Å². The molecule has 1 unspecified atom stereocenters. The first-order chi connectivity index (χ1) is 9.06. The van der Waals surface area contributed by atoms with Crippen molar-refractivity contribution in [2.75, 3.05) is 5.32 Å². The minimum absolute atomic E-state index is 0.149. The van der Waals surface area contributed by atoms with E-state index in [1.54, 1.807) is 12.1 Å². The number of carbonyl (C=O) groups is 1. The van der Waals surface area contributed by atoms with Crippen molar-refractivity contribution in [3.8, 4) is 5.75 Å². The molecule has 2 aromatic carbocycles. The highest BCUT2D eigenvalue weighted by Gasteiger charge is 2.17. The van der Waals surface area contributed by atoms with Crippen molar-refractivity contribution in [2.45, 2.75) is 6.04 Å². The second kappa shape index (κ2) is 5.75. The van der Waals surface area contributed by atoms with Gasteiger partial charge in [-0.15, -0.1) is 0 Å². The molecular formula is C14H13BrN2O2. The summed E-state index contributed by atoms with van der Waals surface area (Å²) in [6, 6.07) is 13.2. The lowest BCUT2D eigenvalue weighted by molar-refractivity contribution is -0.118. The summed E-state index contributed by atoms with van der Waals surface area (Å²) in [5, 5.41) is 12.3. The lowest BCUT2D eigenvalue weighted by Crippen LogP contribution is -2.27. The largest absolute Gasteiger partial charge is 0.508 e. The predicted octanol–water partition coefficient (Wildman–Crippen LogP) is 2.79. The number of phenols is 1. The van der Waals surface area contributed by atoms with Gasteiger partial charge in [0.2, 0.25) is 5.91 Å². The minimum Gasteiger partial charge on any atom is -0.508 e. The number of nitrogens with one attached hydrogen (secondary N) is 1. The van der Waals surface area contributed by atoms with E-state index >= 15 is 0 Å². The van der Waals surface area contributed by atoms with E-state index in [0.29, 0.717) is 5.56 Å². The molecule has 0 bridgehead atoms. The van der Waals surface area contributed by atoms with E-state index in [4.69, 9.17) is 5.73 Å². The number of phenolic OH excluding ortho intramolecular Hbond substituents is 1. The number of rotatable bonds is 4. The predicted molar refractivity (Wildman–Crippen MR) is 77.8 cm³/mol. The topological polar surface area (TPSA) is 75.4 Å². The molecular weight excluding hydrogens is 308 g/mol. The molecule has 1 amide bonds. The van der Waals surface area contributed by atoms with Gasteiger partial charge < -0.3 is 16.2 Å². The van der Waals surface area contributed by atoms with Crippen LogP contribution in [0.2, 0.25) is 0 Å². The van der Waals surface area contributed by atoms with Crippen molar-refractivity contribution in [3.63, 3.8) is 0 Å². The summed E-state index contributed by atoms with van der Waals surface area (Å²) in [5.74, 6) is -0.329. The van der Waals surface area contributed by atoms with Crippen LogP contribution in [0.3, 0.4) is 0 Å². The van der Waals surface area contributed by atoms with Gasteiger partial charge in [-0.1, -0.05) is 28.1 Å². The Morgan fingerprint density at radius 3 is 2.21 bits per heavy atom. The standard InChI is InChI=1S/C14H13BrN2O2/c15-10-3-5-11(6-4-10)17-13(14(16)19)9-1-7-12(18)8-2-9/h1-8,13,17-18H,(H2,16,19). The smallest absolute Gasteiger partial charge is 0.244 e. The lowest BCUT2D eigenvalue weighted by Gasteiger charge is -2.17. The number of halogens is 1. The molecule has 0 aliphatic carbocycles. The second-order valence-electron chi connectivity index (χ2n) is 4.08. The van der Waals surface area contributed by atoms with Crippen LogP contribution in [0.5, 0.6) is 5.75 Å². The van der Waals surface area contributed by atoms with Crippen LogP contribution in [-0.2, 0) is 4.79 Å². The molecule has 0 aromatic heterocycles. The molecule has 5 heteroatoms. The van der Waals surface area contributed by atoms with Crippen LogP contribution in [0.25, 0.3) is 0 Å². The van der Waals surface area contributed by atoms with Gasteiger partial charge in [-0.2, -0.15) is 0 Å². The number of primary amides is 1. The Morgan fingerprint density at radius 2 is 1.68 bits per heavy atom. The number of hydrogen-bond donors (Lipinski definition) is 3. The lowest BCUT2D eigenvalue weighted by atomic mass is 10.1. The zero-order valence-electron chi connectivity index (χ0n) is 10.0. The number of carbonyl (C=O) groups excluding carboxylic acids is 1. The fourth-order valence-corrected chi connectivity index (χ4v) is 1.96. The average molecular weight is 321 g/mol. The normalized spacial score (nSPS) is 11.8. The molecule has 98 valence electrons. The number of aromatic hydroxyl groups is 1. The second-order valence-corrected chi connectivity index (χ2v) is 4.99. The van der Waals surface area contributed by atoms with Crippen molar-refractivity contribution in [2.24, 2.45) is 5.73 Å². The SMILES string of the molecule is NC(=O)C(Nc1ccc(Br)cc1)c1ccc(O)cc1. The quantitative estimate of drug-likeness (QED) is 0.810. The van der Waals surface area contributed by atoms with Crippen LogP contribution in [-0.4, -0.2) is 11.0 Å². The van der Waals surface area contributed by atoms with E-state index < -0.39 is 11.9 Å². The molecule has 2 rings (SSSR count). The third-order valence-electron chi connectivity index (χ3n) is 2.67. The van der Waals surface area contributed by atoms with Crippen molar-refractivity contribution in [3.05, 3.63) is 58.6 Å². The van der Waals surface area contributed by atoms with Crippen molar-refractivity contribution < 1.29 is 9.90 Å². The third-order valence-corrected chi connectivity index (χ3v) is 3.19. The number of benzene rings is 2. The van der Waals surface area contributed by atoms with Gasteiger partial charge in [0, 0.05) is 10.2 Å². The van der Waals surface area contributed by atoms with Gasteiger partial charge in [0.1, 0.15) is 11.8 Å². The highest BCUT2D eigenvalue weighted by atomic mass is 79.9. The molecule has 0 aliphatic rings. The van der Waals surface area contributed by atoms with Gasteiger partial charge in [-0.25, -0.2) is 0 Å². The van der Waals surface area contributed by atoms with Crippen LogP contribution in [0.1, 0.15) is 11.6 Å². The summed E-state index contributed by atoms with van der Waals surface area (Å²) in [5.41, 5.74) is 6.91. The molecule has 0 aliphatic heterocycles. The molecule has 4 nitrogen and oxygen atoms in total. The number of hydrogen-bond acceptors (Lipinski definition) is 3. The first kappa shape index (κ1) is 13.4. The summed E-state index contributed by atoms with van der Waals surface area (Å²) in [6.45, 7) is 0. The van der Waals surface area contributed by atoms with Crippen molar-refractivity contribution in [1.82, 2.24) is 0 Å². The van der Waals surface area contributed by atoms with Crippen LogP contribution in [0, 0.1) is 0 Å². The van der Waals surface area contributed by atoms with E-state index in [1.807, 2.05) is 24.3 Å². The Hall–Kier alpha value is -2.01. The molecule has 0 fully saturated rings. The molecule has 0 saturated heterocycles. The van der Waals surface area contributed by atoms with E-state index in [9.17, 15) is 9.90 Å². The zero-order chi connectivity index (χ0) is 13.8. The Labute approximate surface area is 119 Å². The number of anilines is 1. The van der Waals surface area contributed by atoms with E-state index in [1.165, 1.54) is 12.1 Å². The minimum atomic E-state index is -0.637. The van der Waals surface area contributed by atoms with E-state index in [-0.39, 0.29) is 5.75 Å². The highest BCUT2D eigenvalue weighted by Crippen LogP contribution is 2.22. The molecule has 4 N–H and O–H groups in total. The molecule has 0 radical (unpaired) electrons. The fourth-order valence-electron chi connectivity index (χ4n) is 1.70. The van der Waals surface area contributed by atoms with E-state index in [0.717, 1.165) is 10.2 Å². The molecule has 2 aromatic rings. The average Bonchev–Trinajstić information content (AvgIpc) is 2.39. The molecule has 0 spiro atoms. The Kier molecular flexibility index (Phi) is 4.06. The van der Waals surface area contributed by atoms with E-state index in [2.05, 4.69) is 21.2 Å². The molecule has 0 saturated carbocycles. The first-order valence-corrected chi connectivity index (χ1v) is 6.46. The van der Waals surface area contributed by atoms with Gasteiger partial charge >= 0.3 is 0 Å². The zero-order valence-corrected chi connectivity index (χ0v) is 11.6. The summed E-state index contributed by atoms with van der Waals surface area (Å²) >= 11 is 3.35. The number of amides is 1. The maximum atomic E-state index is 11.5. The third kappa shape index (κ3) is 3.48. The van der Waals surface area contributed by atoms with Crippen LogP contribution >= 0.6 is 15.9 Å². The van der Waals surface area contributed by atoms with Crippen LogP contribution in [0.4, 0.5) is 5.69 Å². The highest BCUT2D eigenvalue weighted by molar-refractivity contribution is 9.10. The summed E-state index contributed by atoms with van der Waals surface area (Å²) in [7, 11) is 0. The van der Waals surface area contributed by atoms with Gasteiger partial charge in [0.05, 0.1) is 0 Å². The maximum absolute atomic E-state index is 11.5. The summed E-state index contributed by atoms with van der Waals surface area (Å²) < 4.78 is 0.957. The first-order valence-electron chi connectivity index (χ1n) is 5.66. The summed E-state index contributed by atoms with van der Waals surface area (Å²) in [6.07, 6.45) is 0. The van der Waals surface area contributed by atoms with Crippen LogP contribution < -0.4 is 11.1 Å². The molecule has 0 heterocycles. The van der Waals surface area contributed by atoms with Gasteiger partial charge in [0.25, 0.3) is 0 Å². The molecule has 1 atom stereocenters. The van der Waals surface area contributed by atoms with Gasteiger partial charge in [-0.3, -0.25) is 4.79 Å². The maximum Gasteiger partial charge on any atom is 0.244 e. The number of nitrogens with two attached hydrogens (primary N) is 1. The van der Waals surface area contributed by atoms with Gasteiger partial charge in [-0.05, 0) is 42.0 Å². The fraction of sp³-hybridized carbons (Fsp3) is 0.0714.